The largest absolute Gasteiger partial charge is 0.329 e. The molecule has 86 valence electrons. The summed E-state index contributed by atoms with van der Waals surface area (Å²) in [5.41, 5.74) is 0. The molecule has 5 heteroatoms. The molecule has 1 aromatic rings. The van der Waals surface area contributed by atoms with E-state index in [2.05, 4.69) is 21.9 Å². The first-order valence-electron chi connectivity index (χ1n) is 5.17. The highest BCUT2D eigenvalue weighted by atomic mass is 35.5. The molecule has 0 spiro atoms. The van der Waals surface area contributed by atoms with Crippen LogP contribution in [0.1, 0.15) is 12.8 Å². The first-order valence-corrected chi connectivity index (χ1v) is 6.15. The number of halogens is 1. The Labute approximate surface area is 101 Å². The molecule has 0 saturated carbocycles. The van der Waals surface area contributed by atoms with Crippen molar-refractivity contribution in [1.29, 1.82) is 0 Å². The summed E-state index contributed by atoms with van der Waals surface area (Å²) in [5, 5.41) is 4.57. The van der Waals surface area contributed by atoms with E-state index in [4.69, 9.17) is 0 Å². The highest BCUT2D eigenvalue weighted by Gasteiger charge is 2.13. The molecular formula is C10H18ClN3S. The molecule has 1 fully saturated rings. The zero-order valence-corrected chi connectivity index (χ0v) is 10.6. The third-order valence-electron chi connectivity index (χ3n) is 2.62. The molecule has 0 aliphatic carbocycles. The number of aromatic nitrogens is 2. The summed E-state index contributed by atoms with van der Waals surface area (Å²) in [7, 11) is 2.05. The predicted molar refractivity (Wildman–Crippen MR) is 66.8 cm³/mol. The minimum absolute atomic E-state index is 0. The van der Waals surface area contributed by atoms with Crippen LogP contribution in [0.4, 0.5) is 0 Å². The molecule has 2 heterocycles. The minimum Gasteiger partial charge on any atom is -0.329 e. The van der Waals surface area contributed by atoms with Gasteiger partial charge >= 0.3 is 0 Å². The van der Waals surface area contributed by atoms with Crippen molar-refractivity contribution in [2.75, 3.05) is 18.8 Å². The van der Waals surface area contributed by atoms with Crippen LogP contribution in [0, 0.1) is 5.92 Å². The van der Waals surface area contributed by atoms with Gasteiger partial charge in [-0.25, -0.2) is 4.98 Å². The average Bonchev–Trinajstić information content (AvgIpc) is 2.63. The van der Waals surface area contributed by atoms with Crippen molar-refractivity contribution >= 4 is 24.2 Å². The van der Waals surface area contributed by atoms with Crippen LogP contribution < -0.4 is 5.32 Å². The standard InChI is InChI=1S/C10H17N3S.ClH/c1-13-6-5-12-10(13)14-8-9-3-2-4-11-7-9;/h5-6,9,11H,2-4,7-8H2,1H3;1H. The molecule has 15 heavy (non-hydrogen) atoms. The number of piperidine rings is 1. The van der Waals surface area contributed by atoms with Crippen LogP contribution in [0.25, 0.3) is 0 Å². The van der Waals surface area contributed by atoms with E-state index in [0.717, 1.165) is 11.1 Å². The first kappa shape index (κ1) is 12.9. The van der Waals surface area contributed by atoms with Gasteiger partial charge < -0.3 is 9.88 Å². The van der Waals surface area contributed by atoms with Crippen LogP contribution in [0.15, 0.2) is 17.6 Å². The molecule has 1 unspecified atom stereocenters. The van der Waals surface area contributed by atoms with Gasteiger partial charge in [0.15, 0.2) is 5.16 Å². The van der Waals surface area contributed by atoms with Crippen LogP contribution in [0.3, 0.4) is 0 Å². The second-order valence-corrected chi connectivity index (χ2v) is 4.83. The molecular weight excluding hydrogens is 230 g/mol. The molecule has 3 nitrogen and oxygen atoms in total. The number of hydrogen-bond donors (Lipinski definition) is 1. The van der Waals surface area contributed by atoms with Gasteiger partial charge in [-0.05, 0) is 31.8 Å². The van der Waals surface area contributed by atoms with Crippen molar-refractivity contribution in [2.45, 2.75) is 18.0 Å². The number of imidazole rings is 1. The van der Waals surface area contributed by atoms with Crippen molar-refractivity contribution in [3.8, 4) is 0 Å². The van der Waals surface area contributed by atoms with Gasteiger partial charge in [0, 0.05) is 25.2 Å². The number of rotatable bonds is 3. The second-order valence-electron chi connectivity index (χ2n) is 3.84. The molecule has 2 rings (SSSR count). The monoisotopic (exact) mass is 247 g/mol. The van der Waals surface area contributed by atoms with Crippen molar-refractivity contribution < 1.29 is 0 Å². The Bertz CT molecular complexity index is 284. The van der Waals surface area contributed by atoms with E-state index in [-0.39, 0.29) is 12.4 Å². The van der Waals surface area contributed by atoms with Gasteiger partial charge in [0.05, 0.1) is 0 Å². The summed E-state index contributed by atoms with van der Waals surface area (Å²) in [5.74, 6) is 2.02. The number of hydrogen-bond acceptors (Lipinski definition) is 3. The Hall–Kier alpha value is -0.190. The summed E-state index contributed by atoms with van der Waals surface area (Å²) in [6.45, 7) is 2.38. The molecule has 1 atom stereocenters. The molecule has 1 aliphatic heterocycles. The van der Waals surface area contributed by atoms with Gasteiger partial charge in [-0.15, -0.1) is 12.4 Å². The van der Waals surface area contributed by atoms with Crippen LogP contribution in [-0.2, 0) is 7.05 Å². The molecule has 0 amide bonds. The topological polar surface area (TPSA) is 29.9 Å². The SMILES string of the molecule is Cl.Cn1ccnc1SCC1CCCNC1. The Balaban J connectivity index is 0.00000112. The molecule has 0 bridgehead atoms. The van der Waals surface area contributed by atoms with Gasteiger partial charge in [0.25, 0.3) is 0 Å². The van der Waals surface area contributed by atoms with E-state index in [9.17, 15) is 0 Å². The van der Waals surface area contributed by atoms with Crippen LogP contribution in [0.5, 0.6) is 0 Å². The number of aryl methyl sites for hydroxylation is 1. The maximum atomic E-state index is 4.31. The fourth-order valence-electron chi connectivity index (χ4n) is 1.75. The molecule has 0 radical (unpaired) electrons. The van der Waals surface area contributed by atoms with Crippen LogP contribution >= 0.6 is 24.2 Å². The van der Waals surface area contributed by atoms with Crippen LogP contribution in [0.2, 0.25) is 0 Å². The fourth-order valence-corrected chi connectivity index (χ4v) is 2.82. The van der Waals surface area contributed by atoms with E-state index in [0.29, 0.717) is 0 Å². The Kier molecular flexibility index (Phi) is 5.50. The van der Waals surface area contributed by atoms with Gasteiger partial charge in [-0.2, -0.15) is 0 Å². The highest BCUT2D eigenvalue weighted by molar-refractivity contribution is 7.99. The van der Waals surface area contributed by atoms with Gasteiger partial charge in [-0.3, -0.25) is 0 Å². The maximum absolute atomic E-state index is 4.31. The Morgan fingerprint density at radius 1 is 1.67 bits per heavy atom. The molecule has 1 aliphatic rings. The van der Waals surface area contributed by atoms with Gasteiger partial charge in [0.1, 0.15) is 0 Å². The Morgan fingerprint density at radius 3 is 3.13 bits per heavy atom. The second kappa shape index (κ2) is 6.40. The summed E-state index contributed by atoms with van der Waals surface area (Å²) >= 11 is 1.87. The summed E-state index contributed by atoms with van der Waals surface area (Å²) in [4.78, 5) is 4.31. The quantitative estimate of drug-likeness (QED) is 0.828. The lowest BCUT2D eigenvalue weighted by atomic mass is 10.0. The summed E-state index contributed by atoms with van der Waals surface area (Å²) < 4.78 is 2.08. The average molecular weight is 248 g/mol. The van der Waals surface area contributed by atoms with Crippen LogP contribution in [-0.4, -0.2) is 28.4 Å². The Morgan fingerprint density at radius 2 is 2.53 bits per heavy atom. The number of nitrogens with one attached hydrogen (secondary N) is 1. The zero-order chi connectivity index (χ0) is 9.80. The number of nitrogens with zero attached hydrogens (tertiary/aromatic N) is 2. The fraction of sp³-hybridized carbons (Fsp3) is 0.700. The van der Waals surface area contributed by atoms with Crippen molar-refractivity contribution in [1.82, 2.24) is 14.9 Å². The predicted octanol–water partition coefficient (Wildman–Crippen LogP) is 1.93. The minimum atomic E-state index is 0. The molecule has 1 N–H and O–H groups in total. The molecule has 0 aromatic carbocycles. The highest BCUT2D eigenvalue weighted by Crippen LogP contribution is 2.21. The molecule has 1 aromatic heterocycles. The third kappa shape index (κ3) is 3.70. The van der Waals surface area contributed by atoms with E-state index in [1.54, 1.807) is 0 Å². The smallest absolute Gasteiger partial charge is 0.167 e. The lowest BCUT2D eigenvalue weighted by molar-refractivity contribution is 0.410. The lowest BCUT2D eigenvalue weighted by Crippen LogP contribution is -2.30. The van der Waals surface area contributed by atoms with E-state index < -0.39 is 0 Å². The number of thioether (sulfide) groups is 1. The van der Waals surface area contributed by atoms with E-state index in [1.807, 2.05) is 24.2 Å². The van der Waals surface area contributed by atoms with Crippen molar-refractivity contribution in [2.24, 2.45) is 13.0 Å². The molecule has 1 saturated heterocycles. The third-order valence-corrected chi connectivity index (χ3v) is 3.91. The van der Waals surface area contributed by atoms with Crippen molar-refractivity contribution in [3.63, 3.8) is 0 Å². The maximum Gasteiger partial charge on any atom is 0.167 e. The van der Waals surface area contributed by atoms with E-state index >= 15 is 0 Å². The van der Waals surface area contributed by atoms with E-state index in [1.165, 1.54) is 31.7 Å². The first-order chi connectivity index (χ1) is 6.86. The van der Waals surface area contributed by atoms with Crippen molar-refractivity contribution in [3.05, 3.63) is 12.4 Å². The lowest BCUT2D eigenvalue weighted by Gasteiger charge is -2.21. The zero-order valence-electron chi connectivity index (χ0n) is 8.98. The van der Waals surface area contributed by atoms with Gasteiger partial charge in [-0.1, -0.05) is 11.8 Å². The summed E-state index contributed by atoms with van der Waals surface area (Å²) in [6.07, 6.45) is 6.55. The van der Waals surface area contributed by atoms with Gasteiger partial charge in [0.2, 0.25) is 0 Å². The summed E-state index contributed by atoms with van der Waals surface area (Å²) in [6, 6.07) is 0. The normalized spacial score (nSPS) is 21.0.